The van der Waals surface area contributed by atoms with Gasteiger partial charge in [0.25, 0.3) is 5.95 Å². The van der Waals surface area contributed by atoms with Crippen molar-refractivity contribution < 1.29 is 4.52 Å². The summed E-state index contributed by atoms with van der Waals surface area (Å²) in [4.78, 5) is 6.68. The molecule has 0 saturated carbocycles. The minimum Gasteiger partial charge on any atom is -0.338 e. The second-order valence-corrected chi connectivity index (χ2v) is 4.70. The van der Waals surface area contributed by atoms with Crippen LogP contribution in [0.4, 0.5) is 5.95 Å². The number of nitrogens with one attached hydrogen (secondary N) is 1. The van der Waals surface area contributed by atoms with E-state index in [0.29, 0.717) is 6.04 Å². The Morgan fingerprint density at radius 2 is 2.12 bits per heavy atom. The molecule has 1 unspecified atom stereocenters. The monoisotopic (exact) mass is 238 g/mol. The van der Waals surface area contributed by atoms with Crippen LogP contribution in [0.5, 0.6) is 0 Å². The first-order chi connectivity index (χ1) is 8.29. The van der Waals surface area contributed by atoms with Crippen LogP contribution in [0.25, 0.3) is 0 Å². The molecule has 0 aliphatic carbocycles. The van der Waals surface area contributed by atoms with Crippen LogP contribution < -0.4 is 10.2 Å². The summed E-state index contributed by atoms with van der Waals surface area (Å²) >= 11 is 0. The predicted molar refractivity (Wildman–Crippen MR) is 67.2 cm³/mol. The lowest BCUT2D eigenvalue weighted by atomic mass is 10.1. The predicted octanol–water partition coefficient (Wildman–Crippen LogP) is 1.60. The highest BCUT2D eigenvalue weighted by atomic mass is 16.5. The molecule has 2 rings (SSSR count). The third-order valence-corrected chi connectivity index (χ3v) is 3.13. The average Bonchev–Trinajstić information content (AvgIpc) is 2.79. The van der Waals surface area contributed by atoms with Crippen LogP contribution in [0.2, 0.25) is 0 Å². The molecular weight excluding hydrogens is 216 g/mol. The molecule has 1 fully saturated rings. The molecule has 96 valence electrons. The van der Waals surface area contributed by atoms with E-state index in [1.165, 1.54) is 19.3 Å². The van der Waals surface area contributed by atoms with Crippen molar-refractivity contribution in [1.29, 1.82) is 0 Å². The highest BCUT2D eigenvalue weighted by Crippen LogP contribution is 2.16. The van der Waals surface area contributed by atoms with Crippen molar-refractivity contribution in [2.24, 2.45) is 0 Å². The normalized spacial score (nSPS) is 18.4. The molecule has 2 heterocycles. The molecule has 5 heteroatoms. The Balaban J connectivity index is 1.90. The zero-order valence-electron chi connectivity index (χ0n) is 10.8. The minimum absolute atomic E-state index is 0.384. The Hall–Kier alpha value is -1.10. The summed E-state index contributed by atoms with van der Waals surface area (Å²) < 4.78 is 5.29. The summed E-state index contributed by atoms with van der Waals surface area (Å²) in [6.07, 6.45) is 4.59. The van der Waals surface area contributed by atoms with Gasteiger partial charge in [0.05, 0.1) is 0 Å². The number of nitrogens with zero attached hydrogens (tertiary/aromatic N) is 3. The van der Waals surface area contributed by atoms with Crippen LogP contribution in [-0.2, 0) is 6.42 Å². The summed E-state index contributed by atoms with van der Waals surface area (Å²) in [6.45, 7) is 7.31. The van der Waals surface area contributed by atoms with Crippen molar-refractivity contribution in [2.75, 3.05) is 24.5 Å². The van der Waals surface area contributed by atoms with Gasteiger partial charge in [-0.05, 0) is 37.9 Å². The van der Waals surface area contributed by atoms with Crippen LogP contribution in [0.1, 0.15) is 39.0 Å². The fourth-order valence-corrected chi connectivity index (χ4v) is 2.23. The summed E-state index contributed by atoms with van der Waals surface area (Å²) in [5, 5.41) is 7.41. The van der Waals surface area contributed by atoms with Gasteiger partial charge in [-0.1, -0.05) is 6.92 Å². The molecule has 1 aliphatic heterocycles. The minimum atomic E-state index is 0.384. The second-order valence-electron chi connectivity index (χ2n) is 4.70. The topological polar surface area (TPSA) is 54.2 Å². The van der Waals surface area contributed by atoms with E-state index < -0.39 is 0 Å². The number of hydrogen-bond acceptors (Lipinski definition) is 5. The van der Waals surface area contributed by atoms with E-state index in [-0.39, 0.29) is 0 Å². The van der Waals surface area contributed by atoms with Crippen LogP contribution in [0, 0.1) is 0 Å². The fourth-order valence-electron chi connectivity index (χ4n) is 2.23. The van der Waals surface area contributed by atoms with Crippen LogP contribution in [0.15, 0.2) is 4.52 Å². The zero-order valence-corrected chi connectivity index (χ0v) is 10.8. The van der Waals surface area contributed by atoms with Crippen molar-refractivity contribution in [2.45, 2.75) is 45.6 Å². The highest BCUT2D eigenvalue weighted by Gasteiger charge is 2.17. The summed E-state index contributed by atoms with van der Waals surface area (Å²) in [6, 6.07) is 0.384. The molecule has 0 spiro atoms. The SMILES string of the molecule is CCNC(C)Cc1nc(N2CCCCC2)no1. The van der Waals surface area contributed by atoms with Crippen molar-refractivity contribution in [3.63, 3.8) is 0 Å². The van der Waals surface area contributed by atoms with Crippen LogP contribution in [0.3, 0.4) is 0 Å². The smallest absolute Gasteiger partial charge is 0.266 e. The van der Waals surface area contributed by atoms with Crippen LogP contribution in [-0.4, -0.2) is 35.8 Å². The number of aromatic nitrogens is 2. The maximum atomic E-state index is 5.29. The molecule has 1 aromatic heterocycles. The number of anilines is 1. The maximum absolute atomic E-state index is 5.29. The third-order valence-electron chi connectivity index (χ3n) is 3.13. The Kier molecular flexibility index (Phi) is 4.36. The number of piperidine rings is 1. The lowest BCUT2D eigenvalue weighted by molar-refractivity contribution is 0.361. The summed E-state index contributed by atoms with van der Waals surface area (Å²) in [5.41, 5.74) is 0. The number of rotatable bonds is 5. The first kappa shape index (κ1) is 12.4. The second kappa shape index (κ2) is 6.00. The van der Waals surface area contributed by atoms with Crippen molar-refractivity contribution >= 4 is 5.95 Å². The third kappa shape index (κ3) is 3.43. The molecule has 17 heavy (non-hydrogen) atoms. The van der Waals surface area contributed by atoms with E-state index in [0.717, 1.165) is 37.9 Å². The lowest BCUT2D eigenvalue weighted by Crippen LogP contribution is -2.30. The van der Waals surface area contributed by atoms with Gasteiger partial charge in [0.15, 0.2) is 0 Å². The standard InChI is InChI=1S/C12H22N4O/c1-3-13-10(2)9-11-14-12(15-17-11)16-7-5-4-6-8-16/h10,13H,3-9H2,1-2H3. The Morgan fingerprint density at radius 1 is 1.35 bits per heavy atom. The van der Waals surface area contributed by atoms with Gasteiger partial charge in [-0.15, -0.1) is 0 Å². The van der Waals surface area contributed by atoms with Gasteiger partial charge in [-0.25, -0.2) is 0 Å². The van der Waals surface area contributed by atoms with Gasteiger partial charge in [0.2, 0.25) is 5.89 Å². The highest BCUT2D eigenvalue weighted by molar-refractivity contribution is 5.28. The average molecular weight is 238 g/mol. The van der Waals surface area contributed by atoms with Gasteiger partial charge in [-0.3, -0.25) is 0 Å². The van der Waals surface area contributed by atoms with E-state index in [1.807, 2.05) is 0 Å². The maximum Gasteiger partial charge on any atom is 0.266 e. The summed E-state index contributed by atoms with van der Waals surface area (Å²) in [5.74, 6) is 1.50. The zero-order chi connectivity index (χ0) is 12.1. The van der Waals surface area contributed by atoms with E-state index in [1.54, 1.807) is 0 Å². The van der Waals surface area contributed by atoms with E-state index >= 15 is 0 Å². The molecule has 0 bridgehead atoms. The molecule has 1 aliphatic rings. The largest absolute Gasteiger partial charge is 0.338 e. The Labute approximate surface area is 103 Å². The van der Waals surface area contributed by atoms with Gasteiger partial charge in [0, 0.05) is 25.6 Å². The molecule has 1 atom stereocenters. The van der Waals surface area contributed by atoms with Gasteiger partial charge < -0.3 is 14.7 Å². The Morgan fingerprint density at radius 3 is 2.82 bits per heavy atom. The molecule has 0 radical (unpaired) electrons. The Bertz CT molecular complexity index is 333. The number of hydrogen-bond donors (Lipinski definition) is 1. The van der Waals surface area contributed by atoms with Gasteiger partial charge >= 0.3 is 0 Å². The summed E-state index contributed by atoms with van der Waals surface area (Å²) in [7, 11) is 0. The molecule has 0 amide bonds. The van der Waals surface area contributed by atoms with Gasteiger partial charge in [0.1, 0.15) is 0 Å². The fraction of sp³-hybridized carbons (Fsp3) is 0.833. The molecule has 5 nitrogen and oxygen atoms in total. The van der Waals surface area contributed by atoms with Crippen molar-refractivity contribution in [3.8, 4) is 0 Å². The van der Waals surface area contributed by atoms with Gasteiger partial charge in [-0.2, -0.15) is 4.98 Å². The first-order valence-electron chi connectivity index (χ1n) is 6.60. The molecule has 1 saturated heterocycles. The quantitative estimate of drug-likeness (QED) is 0.844. The molecule has 1 aromatic rings. The van der Waals surface area contributed by atoms with E-state index in [4.69, 9.17) is 4.52 Å². The molecular formula is C12H22N4O. The number of likely N-dealkylation sites (N-methyl/N-ethyl adjacent to an activating group) is 1. The van der Waals surface area contributed by atoms with E-state index in [2.05, 4.69) is 34.2 Å². The van der Waals surface area contributed by atoms with Crippen molar-refractivity contribution in [3.05, 3.63) is 5.89 Å². The molecule has 1 N–H and O–H groups in total. The lowest BCUT2D eigenvalue weighted by Gasteiger charge is -2.24. The van der Waals surface area contributed by atoms with E-state index in [9.17, 15) is 0 Å². The molecule has 0 aromatic carbocycles. The van der Waals surface area contributed by atoms with Crippen molar-refractivity contribution in [1.82, 2.24) is 15.5 Å². The van der Waals surface area contributed by atoms with Crippen LogP contribution >= 0.6 is 0 Å². The first-order valence-corrected chi connectivity index (χ1v) is 6.60.